The minimum Gasteiger partial charge on any atom is -0.463 e. The minimum absolute atomic E-state index is 0.0546. The molecular weight excluding hydrogens is 226 g/mol. The van der Waals surface area contributed by atoms with E-state index in [2.05, 4.69) is 4.98 Å². The topological polar surface area (TPSA) is 74.7 Å². The second-order valence-electron chi connectivity index (χ2n) is 3.05. The zero-order valence-electron chi connectivity index (χ0n) is 8.14. The van der Waals surface area contributed by atoms with E-state index in [1.54, 1.807) is 18.2 Å². The molecule has 0 atom stereocenters. The van der Waals surface area contributed by atoms with Gasteiger partial charge >= 0.3 is 5.69 Å². The highest BCUT2D eigenvalue weighted by molar-refractivity contribution is 7.71. The number of rotatable bonds is 2. The molecule has 0 radical (unpaired) electrons. The number of aromatic amines is 1. The smallest absolute Gasteiger partial charge is 0.328 e. The summed E-state index contributed by atoms with van der Waals surface area (Å²) in [7, 11) is 0. The Labute approximate surface area is 95.6 Å². The molecule has 6 heteroatoms. The van der Waals surface area contributed by atoms with Gasteiger partial charge in [0.1, 0.15) is 11.2 Å². The predicted molar refractivity (Wildman–Crippen MR) is 59.2 cm³/mol. The van der Waals surface area contributed by atoms with Gasteiger partial charge in [0.2, 0.25) is 0 Å². The lowest BCUT2D eigenvalue weighted by atomic mass is 10.3. The highest BCUT2D eigenvalue weighted by Crippen LogP contribution is 2.17. The van der Waals surface area contributed by atoms with Gasteiger partial charge in [-0.05, 0) is 12.1 Å². The Morgan fingerprint density at radius 3 is 3.06 bits per heavy atom. The summed E-state index contributed by atoms with van der Waals surface area (Å²) < 4.78 is 6.77. The van der Waals surface area contributed by atoms with Crippen molar-refractivity contribution in [3.63, 3.8) is 0 Å². The lowest BCUT2D eigenvalue weighted by Gasteiger charge is -2.05. The van der Waals surface area contributed by atoms with E-state index >= 15 is 0 Å². The van der Waals surface area contributed by atoms with E-state index in [0.29, 0.717) is 16.1 Å². The van der Waals surface area contributed by atoms with E-state index in [1.807, 2.05) is 6.07 Å². The van der Waals surface area contributed by atoms with Crippen molar-refractivity contribution < 1.29 is 4.42 Å². The molecule has 0 spiro atoms. The van der Waals surface area contributed by atoms with Crippen LogP contribution in [0.25, 0.3) is 11.5 Å². The van der Waals surface area contributed by atoms with Gasteiger partial charge in [0.05, 0.1) is 18.0 Å². The van der Waals surface area contributed by atoms with E-state index in [1.165, 1.54) is 10.8 Å². The van der Waals surface area contributed by atoms with Crippen molar-refractivity contribution in [2.24, 2.45) is 0 Å². The van der Waals surface area contributed by atoms with Crippen molar-refractivity contribution in [2.45, 2.75) is 6.54 Å². The molecule has 0 saturated heterocycles. The predicted octanol–water partition coefficient (Wildman–Crippen LogP) is 1.69. The molecule has 0 bridgehead atoms. The summed E-state index contributed by atoms with van der Waals surface area (Å²) >= 11 is 4.91. The summed E-state index contributed by atoms with van der Waals surface area (Å²) in [6, 6.07) is 6.91. The molecular formula is C10H7N3O2S. The maximum Gasteiger partial charge on any atom is 0.328 e. The molecule has 2 rings (SSSR count). The zero-order valence-corrected chi connectivity index (χ0v) is 8.95. The summed E-state index contributed by atoms with van der Waals surface area (Å²) in [5.41, 5.74) is 0.0840. The number of nitrogens with zero attached hydrogens (tertiary/aromatic N) is 2. The van der Waals surface area contributed by atoms with Crippen molar-refractivity contribution in [3.05, 3.63) is 39.6 Å². The van der Waals surface area contributed by atoms with Crippen LogP contribution in [0, 0.1) is 16.0 Å². The Balaban J connectivity index is 2.73. The maximum absolute atomic E-state index is 11.6. The first-order valence-corrected chi connectivity index (χ1v) is 4.88. The fourth-order valence-electron chi connectivity index (χ4n) is 1.38. The molecule has 80 valence electrons. The number of aromatic nitrogens is 2. The number of hydrogen-bond donors (Lipinski definition) is 1. The average Bonchev–Trinajstić information content (AvgIpc) is 2.75. The Morgan fingerprint density at radius 1 is 1.62 bits per heavy atom. The molecule has 5 nitrogen and oxygen atoms in total. The normalized spacial score (nSPS) is 9.94. The van der Waals surface area contributed by atoms with Crippen molar-refractivity contribution in [2.75, 3.05) is 0 Å². The molecule has 0 aliphatic rings. The Bertz CT molecular complexity index is 646. The quantitative estimate of drug-likeness (QED) is 0.801. The fraction of sp³-hybridized carbons (Fsp3) is 0.100. The van der Waals surface area contributed by atoms with Crippen LogP contribution >= 0.6 is 12.2 Å². The number of H-pyrrole nitrogens is 1. The first-order chi connectivity index (χ1) is 7.72. The number of nitriles is 1. The van der Waals surface area contributed by atoms with Gasteiger partial charge in [0.25, 0.3) is 0 Å². The highest BCUT2D eigenvalue weighted by Gasteiger charge is 2.08. The van der Waals surface area contributed by atoms with Crippen LogP contribution in [-0.2, 0) is 6.54 Å². The summed E-state index contributed by atoms with van der Waals surface area (Å²) in [6.07, 6.45) is 1.50. The molecule has 0 saturated carbocycles. The fourth-order valence-corrected chi connectivity index (χ4v) is 1.58. The second kappa shape index (κ2) is 4.16. The first-order valence-electron chi connectivity index (χ1n) is 4.47. The standard InChI is InChI=1S/C10H7N3O2S/c11-3-4-13-7(8-2-1-5-15-8)6-9(16)12-10(13)14/h1-2,5-6H,4H2,(H,12,14,16). The van der Waals surface area contributed by atoms with Crippen LogP contribution in [0.1, 0.15) is 0 Å². The molecule has 2 heterocycles. The van der Waals surface area contributed by atoms with Gasteiger partial charge in [-0.3, -0.25) is 9.55 Å². The number of furan rings is 1. The molecule has 0 unspecified atom stereocenters. The van der Waals surface area contributed by atoms with Crippen LogP contribution in [0.15, 0.2) is 33.7 Å². The first kappa shape index (κ1) is 10.4. The van der Waals surface area contributed by atoms with Gasteiger partial charge in [-0.15, -0.1) is 0 Å². The van der Waals surface area contributed by atoms with E-state index in [0.717, 1.165) is 0 Å². The Kier molecular flexibility index (Phi) is 2.70. The second-order valence-corrected chi connectivity index (χ2v) is 3.49. The SMILES string of the molecule is N#CCn1c(-c2ccco2)cc(=S)[nH]c1=O. The van der Waals surface area contributed by atoms with Gasteiger partial charge in [-0.25, -0.2) is 4.79 Å². The Morgan fingerprint density at radius 2 is 2.44 bits per heavy atom. The van der Waals surface area contributed by atoms with Crippen molar-refractivity contribution in [1.29, 1.82) is 5.26 Å². The van der Waals surface area contributed by atoms with E-state index in [4.69, 9.17) is 21.9 Å². The molecule has 2 aromatic rings. The zero-order chi connectivity index (χ0) is 11.5. The van der Waals surface area contributed by atoms with E-state index < -0.39 is 5.69 Å². The molecule has 0 aliphatic heterocycles. The van der Waals surface area contributed by atoms with Crippen LogP contribution in [0.4, 0.5) is 0 Å². The number of hydrogen-bond acceptors (Lipinski definition) is 4. The summed E-state index contributed by atoms with van der Waals surface area (Å²) in [6.45, 7) is -0.0546. The molecule has 0 aliphatic carbocycles. The third kappa shape index (κ3) is 1.81. The molecule has 0 aromatic carbocycles. The maximum atomic E-state index is 11.6. The third-order valence-corrected chi connectivity index (χ3v) is 2.26. The monoisotopic (exact) mass is 233 g/mol. The summed E-state index contributed by atoms with van der Waals surface area (Å²) in [4.78, 5) is 14.0. The molecule has 1 N–H and O–H groups in total. The molecule has 2 aromatic heterocycles. The molecule has 0 fully saturated rings. The van der Waals surface area contributed by atoms with E-state index in [9.17, 15) is 4.79 Å². The number of nitrogens with one attached hydrogen (secondary N) is 1. The highest BCUT2D eigenvalue weighted by atomic mass is 32.1. The summed E-state index contributed by atoms with van der Waals surface area (Å²) in [5, 5.41) is 8.66. The average molecular weight is 233 g/mol. The van der Waals surface area contributed by atoms with Crippen LogP contribution < -0.4 is 5.69 Å². The van der Waals surface area contributed by atoms with Gasteiger partial charge in [0.15, 0.2) is 5.76 Å². The van der Waals surface area contributed by atoms with Gasteiger partial charge in [-0.2, -0.15) is 5.26 Å². The van der Waals surface area contributed by atoms with Crippen LogP contribution in [-0.4, -0.2) is 9.55 Å². The van der Waals surface area contributed by atoms with Gasteiger partial charge in [-0.1, -0.05) is 12.2 Å². The van der Waals surface area contributed by atoms with Crippen molar-refractivity contribution in [1.82, 2.24) is 9.55 Å². The van der Waals surface area contributed by atoms with Crippen molar-refractivity contribution >= 4 is 12.2 Å². The minimum atomic E-state index is -0.416. The molecule has 16 heavy (non-hydrogen) atoms. The Hall–Kier alpha value is -2.13. The summed E-state index contributed by atoms with van der Waals surface area (Å²) in [5.74, 6) is 0.507. The third-order valence-electron chi connectivity index (χ3n) is 2.04. The van der Waals surface area contributed by atoms with Gasteiger partial charge < -0.3 is 4.42 Å². The largest absolute Gasteiger partial charge is 0.463 e. The lowest BCUT2D eigenvalue weighted by Crippen LogP contribution is -2.24. The van der Waals surface area contributed by atoms with Crippen LogP contribution in [0.3, 0.4) is 0 Å². The van der Waals surface area contributed by atoms with E-state index in [-0.39, 0.29) is 6.54 Å². The lowest BCUT2D eigenvalue weighted by molar-refractivity contribution is 0.571. The van der Waals surface area contributed by atoms with Crippen LogP contribution in [0.2, 0.25) is 0 Å². The van der Waals surface area contributed by atoms with Gasteiger partial charge in [0, 0.05) is 6.07 Å². The molecule has 0 amide bonds. The van der Waals surface area contributed by atoms with Crippen molar-refractivity contribution in [3.8, 4) is 17.5 Å². The van der Waals surface area contributed by atoms with Crippen LogP contribution in [0.5, 0.6) is 0 Å².